The molecular weight excluding hydrogens is 410 g/mol. The third kappa shape index (κ3) is 4.47. The zero-order valence-corrected chi connectivity index (χ0v) is 20.4. The van der Waals surface area contributed by atoms with Gasteiger partial charge in [0.05, 0.1) is 12.0 Å². The Bertz CT molecular complexity index is 887. The molecular formula is C23H37N5O4. The van der Waals surface area contributed by atoms with Crippen LogP contribution in [-0.2, 0) is 11.3 Å². The summed E-state index contributed by atoms with van der Waals surface area (Å²) in [4.78, 5) is 48.0. The molecule has 0 aliphatic carbocycles. The number of amides is 3. The average molecular weight is 448 g/mol. The van der Waals surface area contributed by atoms with Crippen molar-refractivity contribution in [2.45, 2.75) is 85.5 Å². The molecule has 32 heavy (non-hydrogen) atoms. The van der Waals surface area contributed by atoms with Crippen molar-refractivity contribution in [3.8, 4) is 0 Å². The largest absolute Gasteiger partial charge is 0.465 e. The first kappa shape index (κ1) is 24.1. The van der Waals surface area contributed by atoms with Crippen LogP contribution in [-0.4, -0.2) is 84.5 Å². The van der Waals surface area contributed by atoms with Gasteiger partial charge in [0.2, 0.25) is 5.91 Å². The van der Waals surface area contributed by atoms with Gasteiger partial charge in [0.25, 0.3) is 5.91 Å². The lowest BCUT2D eigenvalue weighted by Crippen LogP contribution is -2.63. The van der Waals surface area contributed by atoms with Crippen LogP contribution in [0.1, 0.15) is 70.6 Å². The molecule has 0 bridgehead atoms. The van der Waals surface area contributed by atoms with E-state index in [0.717, 1.165) is 12.2 Å². The molecule has 0 unspecified atom stereocenters. The van der Waals surface area contributed by atoms with Crippen molar-refractivity contribution in [3.05, 3.63) is 17.7 Å². The normalized spacial score (nSPS) is 19.0. The first-order chi connectivity index (χ1) is 14.7. The number of imidazole rings is 1. The molecule has 9 nitrogen and oxygen atoms in total. The monoisotopic (exact) mass is 447 g/mol. The Kier molecular flexibility index (Phi) is 6.32. The Morgan fingerprint density at radius 1 is 1.09 bits per heavy atom. The molecule has 178 valence electrons. The number of fused-ring (bicyclic) bond motifs is 1. The molecule has 1 fully saturated rings. The number of carbonyl (C=O) groups excluding carboxylic acids is 2. The molecule has 1 N–H and O–H groups in total. The molecule has 3 amide bonds. The number of carbonyl (C=O) groups is 3. The van der Waals surface area contributed by atoms with Gasteiger partial charge in [0, 0.05) is 37.8 Å². The number of aromatic nitrogens is 2. The molecule has 0 aromatic carbocycles. The van der Waals surface area contributed by atoms with Crippen LogP contribution < -0.4 is 0 Å². The van der Waals surface area contributed by atoms with Gasteiger partial charge in [0.15, 0.2) is 0 Å². The van der Waals surface area contributed by atoms with E-state index in [4.69, 9.17) is 0 Å². The average Bonchev–Trinajstić information content (AvgIpc) is 3.05. The van der Waals surface area contributed by atoms with Gasteiger partial charge >= 0.3 is 6.09 Å². The van der Waals surface area contributed by atoms with Gasteiger partial charge in [-0.3, -0.25) is 14.5 Å². The van der Waals surface area contributed by atoms with E-state index in [-0.39, 0.29) is 17.9 Å². The van der Waals surface area contributed by atoms with Gasteiger partial charge in [-0.1, -0.05) is 20.8 Å². The molecule has 1 saturated heterocycles. The van der Waals surface area contributed by atoms with Crippen molar-refractivity contribution in [1.29, 1.82) is 0 Å². The third-order valence-corrected chi connectivity index (χ3v) is 6.52. The molecule has 9 heteroatoms. The van der Waals surface area contributed by atoms with E-state index < -0.39 is 23.1 Å². The lowest BCUT2D eigenvalue weighted by molar-refractivity contribution is -0.144. The molecule has 0 radical (unpaired) electrons. The second-order valence-electron chi connectivity index (χ2n) is 11.0. The van der Waals surface area contributed by atoms with E-state index >= 15 is 0 Å². The van der Waals surface area contributed by atoms with Gasteiger partial charge in [-0.2, -0.15) is 0 Å². The van der Waals surface area contributed by atoms with Crippen LogP contribution in [0.3, 0.4) is 0 Å². The third-order valence-electron chi connectivity index (χ3n) is 6.52. The molecule has 0 saturated carbocycles. The van der Waals surface area contributed by atoms with Crippen LogP contribution in [0.2, 0.25) is 0 Å². The Hall–Kier alpha value is -2.58. The van der Waals surface area contributed by atoms with Crippen LogP contribution >= 0.6 is 0 Å². The van der Waals surface area contributed by atoms with Crippen LogP contribution in [0.5, 0.6) is 0 Å². The maximum absolute atomic E-state index is 13.6. The summed E-state index contributed by atoms with van der Waals surface area (Å²) in [6.45, 7) is 15.4. The number of rotatable bonds is 3. The van der Waals surface area contributed by atoms with Gasteiger partial charge in [-0.15, -0.1) is 0 Å². The lowest BCUT2D eigenvalue weighted by atomic mass is 9.82. The molecule has 2 aliphatic heterocycles. The molecule has 1 atom stereocenters. The highest BCUT2D eigenvalue weighted by molar-refractivity contribution is 5.94. The highest BCUT2D eigenvalue weighted by Crippen LogP contribution is 2.33. The highest BCUT2D eigenvalue weighted by Gasteiger charge is 2.46. The fraction of sp³-hybridized carbons (Fsp3) is 0.739. The van der Waals surface area contributed by atoms with E-state index in [2.05, 4.69) is 4.98 Å². The second kappa shape index (κ2) is 8.41. The summed E-state index contributed by atoms with van der Waals surface area (Å²) in [7, 11) is 0. The molecule has 3 rings (SSSR count). The molecule has 1 aromatic rings. The van der Waals surface area contributed by atoms with E-state index in [1.54, 1.807) is 11.2 Å². The van der Waals surface area contributed by atoms with Crippen LogP contribution in [0, 0.1) is 12.3 Å². The predicted molar refractivity (Wildman–Crippen MR) is 120 cm³/mol. The SMILES string of the molecule is Cc1ncn2c1C(=O)N(C1CCN(C(=O)[C@H](N(C(=O)O)C(C)(C)C)C(C)(C)C)CC1)CC2. The summed E-state index contributed by atoms with van der Waals surface area (Å²) in [5.74, 6) is -0.152. The minimum absolute atomic E-state index is 0.00776. The van der Waals surface area contributed by atoms with Crippen LogP contribution in [0.15, 0.2) is 6.33 Å². The van der Waals surface area contributed by atoms with E-state index in [0.29, 0.717) is 38.2 Å². The maximum Gasteiger partial charge on any atom is 0.408 e. The van der Waals surface area contributed by atoms with Crippen LogP contribution in [0.4, 0.5) is 4.79 Å². The fourth-order valence-electron chi connectivity index (χ4n) is 4.96. The van der Waals surface area contributed by atoms with Crippen LogP contribution in [0.25, 0.3) is 0 Å². The summed E-state index contributed by atoms with van der Waals surface area (Å²) in [6.07, 6.45) is 2.00. The number of piperidine rings is 1. The molecule has 3 heterocycles. The first-order valence-corrected chi connectivity index (χ1v) is 11.4. The Morgan fingerprint density at radius 3 is 2.19 bits per heavy atom. The molecule has 0 spiro atoms. The summed E-state index contributed by atoms with van der Waals surface area (Å²) >= 11 is 0. The minimum atomic E-state index is -1.09. The van der Waals surface area contributed by atoms with Gasteiger partial charge in [-0.05, 0) is 46.0 Å². The predicted octanol–water partition coefficient (Wildman–Crippen LogP) is 2.83. The van der Waals surface area contributed by atoms with E-state index in [1.807, 2.05) is 57.9 Å². The van der Waals surface area contributed by atoms with Crippen molar-refractivity contribution in [2.24, 2.45) is 5.41 Å². The second-order valence-corrected chi connectivity index (χ2v) is 11.0. The topological polar surface area (TPSA) is 99.0 Å². The van der Waals surface area contributed by atoms with Crippen molar-refractivity contribution in [3.63, 3.8) is 0 Å². The van der Waals surface area contributed by atoms with Gasteiger partial charge in [-0.25, -0.2) is 9.78 Å². The highest BCUT2D eigenvalue weighted by atomic mass is 16.4. The zero-order valence-electron chi connectivity index (χ0n) is 20.4. The minimum Gasteiger partial charge on any atom is -0.465 e. The number of carboxylic acid groups (broad SMARTS) is 1. The Labute approximate surface area is 190 Å². The zero-order chi connectivity index (χ0) is 24.0. The summed E-state index contributed by atoms with van der Waals surface area (Å²) in [5.41, 5.74) is 0.137. The summed E-state index contributed by atoms with van der Waals surface area (Å²) < 4.78 is 1.91. The Balaban J connectivity index is 1.73. The standard InChI is InChI=1S/C23H37N5O4/c1-15-17-19(29)27(13-12-26(17)14-24-15)16-8-10-25(11-9-16)20(30)18(22(2,3)4)28(21(31)32)23(5,6)7/h14,16,18H,8-13H2,1-7H3,(H,31,32)/t18-/m0/s1. The molecule has 1 aromatic heterocycles. The van der Waals surface area contributed by atoms with E-state index in [1.165, 1.54) is 4.90 Å². The van der Waals surface area contributed by atoms with Crippen molar-refractivity contribution < 1.29 is 19.5 Å². The fourth-order valence-corrected chi connectivity index (χ4v) is 4.96. The van der Waals surface area contributed by atoms with E-state index in [9.17, 15) is 19.5 Å². The smallest absolute Gasteiger partial charge is 0.408 e. The Morgan fingerprint density at radius 2 is 1.69 bits per heavy atom. The number of nitrogens with zero attached hydrogens (tertiary/aromatic N) is 5. The van der Waals surface area contributed by atoms with Gasteiger partial charge in [0.1, 0.15) is 11.7 Å². The summed E-state index contributed by atoms with van der Waals surface area (Å²) in [5, 5.41) is 9.92. The van der Waals surface area contributed by atoms with Crippen molar-refractivity contribution >= 4 is 17.9 Å². The van der Waals surface area contributed by atoms with Crippen molar-refractivity contribution in [2.75, 3.05) is 19.6 Å². The first-order valence-electron chi connectivity index (χ1n) is 11.4. The maximum atomic E-state index is 13.6. The number of likely N-dealkylation sites (tertiary alicyclic amines) is 1. The number of hydrogen-bond donors (Lipinski definition) is 1. The number of aryl methyl sites for hydroxylation is 1. The lowest BCUT2D eigenvalue weighted by Gasteiger charge is -2.47. The quantitative estimate of drug-likeness (QED) is 0.768. The molecule has 2 aliphatic rings. The van der Waals surface area contributed by atoms with Gasteiger partial charge < -0.3 is 19.5 Å². The summed E-state index contributed by atoms with van der Waals surface area (Å²) in [6, 6.07) is -0.717. The van der Waals surface area contributed by atoms with Crippen molar-refractivity contribution in [1.82, 2.24) is 24.3 Å². The number of hydrogen-bond acceptors (Lipinski definition) is 4.